The van der Waals surface area contributed by atoms with Gasteiger partial charge in [0.05, 0.1) is 34.7 Å². The molecule has 0 aliphatic carbocycles. The third kappa shape index (κ3) is 2.69. The van der Waals surface area contributed by atoms with Crippen LogP contribution < -0.4 is 10.5 Å². The van der Waals surface area contributed by atoms with Crippen molar-refractivity contribution < 1.29 is 8.95 Å². The lowest BCUT2D eigenvalue weighted by atomic mass is 10.1. The number of hydrogen-bond acceptors (Lipinski definition) is 4. The van der Waals surface area contributed by atoms with E-state index in [9.17, 15) is 4.21 Å². The number of nitrogens with two attached hydrogens (primary N) is 1. The minimum absolute atomic E-state index is 0.338. The number of aromatic nitrogens is 2. The van der Waals surface area contributed by atoms with Crippen LogP contribution in [0.15, 0.2) is 41.6 Å². The monoisotopic (exact) mass is 315 g/mol. The molecule has 0 aliphatic rings. The second kappa shape index (κ2) is 5.81. The summed E-state index contributed by atoms with van der Waals surface area (Å²) in [4.78, 5) is 7.48. The lowest BCUT2D eigenvalue weighted by Gasteiger charge is -2.06. The lowest BCUT2D eigenvalue weighted by molar-refractivity contribution is 0.415. The molecule has 0 saturated carbocycles. The van der Waals surface area contributed by atoms with Crippen LogP contribution in [0, 0.1) is 6.92 Å². The Balaban J connectivity index is 1.90. The van der Waals surface area contributed by atoms with Gasteiger partial charge < -0.3 is 15.5 Å². The zero-order valence-electron chi connectivity index (χ0n) is 12.4. The number of imidazole rings is 1. The van der Waals surface area contributed by atoms with Crippen molar-refractivity contribution in [3.8, 4) is 5.75 Å². The highest BCUT2D eigenvalue weighted by molar-refractivity contribution is 7.84. The average Bonchev–Trinajstić information content (AvgIpc) is 2.94. The first-order valence-corrected chi connectivity index (χ1v) is 8.16. The third-order valence-electron chi connectivity index (χ3n) is 3.58. The number of anilines is 1. The van der Waals surface area contributed by atoms with Crippen LogP contribution in [-0.4, -0.2) is 21.3 Å². The van der Waals surface area contributed by atoms with E-state index in [0.29, 0.717) is 16.6 Å². The third-order valence-corrected chi connectivity index (χ3v) is 4.78. The Morgan fingerprint density at radius 3 is 2.91 bits per heavy atom. The summed E-state index contributed by atoms with van der Waals surface area (Å²) in [5.74, 6) is 1.07. The molecule has 2 aromatic carbocycles. The predicted octanol–water partition coefficient (Wildman–Crippen LogP) is 2.77. The maximum Gasteiger partial charge on any atom is 0.197 e. The first-order valence-electron chi connectivity index (χ1n) is 6.84. The molecule has 5 nitrogen and oxygen atoms in total. The molecule has 0 amide bonds. The Kier molecular flexibility index (Phi) is 3.85. The van der Waals surface area contributed by atoms with E-state index in [1.807, 2.05) is 43.3 Å². The van der Waals surface area contributed by atoms with Gasteiger partial charge in [-0.05, 0) is 30.2 Å². The van der Waals surface area contributed by atoms with Gasteiger partial charge in [0.2, 0.25) is 0 Å². The zero-order chi connectivity index (χ0) is 15.7. The van der Waals surface area contributed by atoms with Crippen molar-refractivity contribution in [3.05, 3.63) is 47.5 Å². The molecule has 1 aromatic heterocycles. The van der Waals surface area contributed by atoms with Crippen LogP contribution in [0.3, 0.4) is 0 Å². The molecule has 114 valence electrons. The summed E-state index contributed by atoms with van der Waals surface area (Å²) < 4.78 is 17.7. The summed E-state index contributed by atoms with van der Waals surface area (Å²) >= 11 is 0. The van der Waals surface area contributed by atoms with E-state index in [1.165, 1.54) is 0 Å². The number of nitrogens with zero attached hydrogens (tertiary/aromatic N) is 1. The summed E-state index contributed by atoms with van der Waals surface area (Å²) in [7, 11) is 0.327. The van der Waals surface area contributed by atoms with Gasteiger partial charge in [-0.25, -0.2) is 4.98 Å². The van der Waals surface area contributed by atoms with Gasteiger partial charge in [0, 0.05) is 11.8 Å². The number of H-pyrrole nitrogens is 1. The number of nitrogens with one attached hydrogen (secondary N) is 1. The number of aryl methyl sites for hydroxylation is 1. The van der Waals surface area contributed by atoms with Crippen molar-refractivity contribution in [2.45, 2.75) is 17.8 Å². The van der Waals surface area contributed by atoms with Gasteiger partial charge in [-0.15, -0.1) is 0 Å². The molecular weight excluding hydrogens is 298 g/mol. The number of benzene rings is 2. The standard InChI is InChI=1S/C16H17N3O2S/c1-10-4-3-5-11(15(10)17)9-22(20)16-18-13-7-6-12(21-2)8-14(13)19-16/h3-8H,9,17H2,1-2H3,(H,18,19). The van der Waals surface area contributed by atoms with Crippen molar-refractivity contribution in [1.29, 1.82) is 0 Å². The molecule has 1 atom stereocenters. The van der Waals surface area contributed by atoms with Gasteiger partial charge in [-0.2, -0.15) is 0 Å². The summed E-state index contributed by atoms with van der Waals surface area (Å²) in [5.41, 5.74) is 10.2. The number of hydrogen-bond donors (Lipinski definition) is 2. The van der Waals surface area contributed by atoms with Gasteiger partial charge in [0.15, 0.2) is 5.16 Å². The SMILES string of the molecule is COc1ccc2nc(S(=O)Cc3cccc(C)c3N)[nH]c2c1. The lowest BCUT2D eigenvalue weighted by Crippen LogP contribution is -2.03. The van der Waals surface area contributed by atoms with Crippen LogP contribution in [0.4, 0.5) is 5.69 Å². The molecule has 3 N–H and O–H groups in total. The number of fused-ring (bicyclic) bond motifs is 1. The van der Waals surface area contributed by atoms with Gasteiger partial charge in [-0.1, -0.05) is 18.2 Å². The predicted molar refractivity (Wildman–Crippen MR) is 88.3 cm³/mol. The zero-order valence-corrected chi connectivity index (χ0v) is 13.2. The summed E-state index contributed by atoms with van der Waals surface area (Å²) in [6, 6.07) is 11.3. The number of para-hydroxylation sites is 1. The van der Waals surface area contributed by atoms with Crippen LogP contribution in [0.25, 0.3) is 11.0 Å². The fourth-order valence-electron chi connectivity index (χ4n) is 2.28. The molecular formula is C16H17N3O2S. The molecule has 3 aromatic rings. The van der Waals surface area contributed by atoms with Crippen molar-refractivity contribution in [2.24, 2.45) is 0 Å². The first-order chi connectivity index (χ1) is 10.6. The number of ether oxygens (including phenoxy) is 1. The number of nitrogen functional groups attached to an aromatic ring is 1. The second-order valence-electron chi connectivity index (χ2n) is 5.06. The fourth-order valence-corrected chi connectivity index (χ4v) is 3.37. The maximum absolute atomic E-state index is 12.5. The van der Waals surface area contributed by atoms with E-state index in [2.05, 4.69) is 9.97 Å². The van der Waals surface area contributed by atoms with Crippen LogP contribution >= 0.6 is 0 Å². The quantitative estimate of drug-likeness (QED) is 0.725. The molecule has 0 radical (unpaired) electrons. The van der Waals surface area contributed by atoms with E-state index in [-0.39, 0.29) is 0 Å². The highest BCUT2D eigenvalue weighted by atomic mass is 32.2. The molecule has 0 aliphatic heterocycles. The Hall–Kier alpha value is -2.34. The minimum Gasteiger partial charge on any atom is -0.497 e. The Bertz CT molecular complexity index is 858. The van der Waals surface area contributed by atoms with Crippen LogP contribution in [0.2, 0.25) is 0 Å². The van der Waals surface area contributed by atoms with Crippen molar-refractivity contribution >= 4 is 27.5 Å². The maximum atomic E-state index is 12.5. The molecule has 0 fully saturated rings. The Morgan fingerprint density at radius 1 is 1.32 bits per heavy atom. The van der Waals surface area contributed by atoms with E-state index in [4.69, 9.17) is 10.5 Å². The normalized spacial score (nSPS) is 12.5. The molecule has 6 heteroatoms. The van der Waals surface area contributed by atoms with Crippen LogP contribution in [-0.2, 0) is 16.6 Å². The second-order valence-corrected chi connectivity index (χ2v) is 6.43. The topological polar surface area (TPSA) is 81.0 Å². The van der Waals surface area contributed by atoms with E-state index < -0.39 is 10.8 Å². The van der Waals surface area contributed by atoms with E-state index in [0.717, 1.165) is 27.9 Å². The van der Waals surface area contributed by atoms with Gasteiger partial charge in [0.1, 0.15) is 5.75 Å². The average molecular weight is 315 g/mol. The van der Waals surface area contributed by atoms with Gasteiger partial charge >= 0.3 is 0 Å². The Labute approximate surface area is 131 Å². The summed E-state index contributed by atoms with van der Waals surface area (Å²) in [6.07, 6.45) is 0. The van der Waals surface area contributed by atoms with Crippen LogP contribution in [0.1, 0.15) is 11.1 Å². The summed E-state index contributed by atoms with van der Waals surface area (Å²) in [6.45, 7) is 1.94. The largest absolute Gasteiger partial charge is 0.497 e. The fraction of sp³-hybridized carbons (Fsp3) is 0.188. The molecule has 0 bridgehead atoms. The van der Waals surface area contributed by atoms with Crippen molar-refractivity contribution in [2.75, 3.05) is 12.8 Å². The molecule has 1 heterocycles. The van der Waals surface area contributed by atoms with Crippen LogP contribution in [0.5, 0.6) is 5.75 Å². The molecule has 3 rings (SSSR count). The smallest absolute Gasteiger partial charge is 0.197 e. The van der Waals surface area contributed by atoms with Gasteiger partial charge in [0.25, 0.3) is 0 Å². The minimum atomic E-state index is -1.28. The number of aromatic amines is 1. The van der Waals surface area contributed by atoms with E-state index >= 15 is 0 Å². The molecule has 1 unspecified atom stereocenters. The van der Waals surface area contributed by atoms with Crippen molar-refractivity contribution in [3.63, 3.8) is 0 Å². The highest BCUT2D eigenvalue weighted by Gasteiger charge is 2.13. The molecule has 0 saturated heterocycles. The highest BCUT2D eigenvalue weighted by Crippen LogP contribution is 2.23. The molecule has 0 spiro atoms. The van der Waals surface area contributed by atoms with Gasteiger partial charge in [-0.3, -0.25) is 4.21 Å². The number of rotatable bonds is 4. The van der Waals surface area contributed by atoms with E-state index in [1.54, 1.807) is 7.11 Å². The first kappa shape index (κ1) is 14.6. The van der Waals surface area contributed by atoms with Crippen molar-refractivity contribution in [1.82, 2.24) is 9.97 Å². The number of methoxy groups -OCH3 is 1. The molecule has 22 heavy (non-hydrogen) atoms. The Morgan fingerprint density at radius 2 is 2.14 bits per heavy atom. The summed E-state index contributed by atoms with van der Waals surface area (Å²) in [5, 5.41) is 0.448.